The van der Waals surface area contributed by atoms with Crippen molar-refractivity contribution in [3.05, 3.63) is 59.7 Å². The zero-order chi connectivity index (χ0) is 18.1. The minimum atomic E-state index is -0.757. The number of nitrogen functional groups attached to an aromatic ring is 1. The molecule has 2 aromatic rings. The fourth-order valence-electron chi connectivity index (χ4n) is 4.41. The molecule has 0 spiro atoms. The van der Waals surface area contributed by atoms with Gasteiger partial charge in [-0.25, -0.2) is 0 Å². The quantitative estimate of drug-likeness (QED) is 0.737. The molecular formula is C21H24N2O3. The highest BCUT2D eigenvalue weighted by Crippen LogP contribution is 2.46. The molecule has 2 heterocycles. The van der Waals surface area contributed by atoms with Crippen molar-refractivity contribution in [2.24, 2.45) is 11.8 Å². The number of hydrogen-bond donors (Lipinski definition) is 3. The Morgan fingerprint density at radius 3 is 2.77 bits per heavy atom. The van der Waals surface area contributed by atoms with Crippen LogP contribution in [-0.2, 0) is 11.2 Å². The van der Waals surface area contributed by atoms with Gasteiger partial charge in [0.05, 0.1) is 5.92 Å². The van der Waals surface area contributed by atoms with Gasteiger partial charge in [-0.3, -0.25) is 4.79 Å². The van der Waals surface area contributed by atoms with Crippen LogP contribution >= 0.6 is 0 Å². The minimum absolute atomic E-state index is 0.0735. The van der Waals surface area contributed by atoms with Gasteiger partial charge in [-0.05, 0) is 48.7 Å². The number of fused-ring (bicyclic) bond motifs is 2. The second-order valence-electron chi connectivity index (χ2n) is 7.27. The number of carboxylic acid groups (broad SMARTS) is 1. The summed E-state index contributed by atoms with van der Waals surface area (Å²) in [5.41, 5.74) is 8.47. The summed E-state index contributed by atoms with van der Waals surface area (Å²) in [7, 11) is 0. The number of para-hydroxylation sites is 1. The van der Waals surface area contributed by atoms with E-state index >= 15 is 0 Å². The van der Waals surface area contributed by atoms with Gasteiger partial charge in [0.15, 0.2) is 0 Å². The Bertz CT molecular complexity index is 790. The normalized spacial score (nSPS) is 25.5. The molecule has 136 valence electrons. The summed E-state index contributed by atoms with van der Waals surface area (Å²) in [4.78, 5) is 12.3. The first-order valence-electron chi connectivity index (χ1n) is 9.17. The highest BCUT2D eigenvalue weighted by atomic mass is 16.5. The van der Waals surface area contributed by atoms with Crippen LogP contribution in [0.15, 0.2) is 48.5 Å². The van der Waals surface area contributed by atoms with Gasteiger partial charge in [-0.1, -0.05) is 30.3 Å². The maximum absolute atomic E-state index is 12.3. The van der Waals surface area contributed by atoms with Crippen molar-refractivity contribution in [1.29, 1.82) is 0 Å². The monoisotopic (exact) mass is 352 g/mol. The van der Waals surface area contributed by atoms with Crippen molar-refractivity contribution in [3.63, 3.8) is 0 Å². The standard InChI is InChI=1S/C21H24N2O3/c22-14-7-5-13(6-8-14)11-16(21(24)25)20-15-3-1-2-4-18(15)26-19-9-10-23-12-17(19)20/h1-8,16-17,19-20,23H,9-12,22H2,(H,24,25). The van der Waals surface area contributed by atoms with E-state index in [9.17, 15) is 9.90 Å². The first-order valence-corrected chi connectivity index (χ1v) is 9.17. The van der Waals surface area contributed by atoms with E-state index in [2.05, 4.69) is 5.32 Å². The average molecular weight is 352 g/mol. The number of piperidine rings is 1. The summed E-state index contributed by atoms with van der Waals surface area (Å²) in [5, 5.41) is 13.5. The number of carbonyl (C=O) groups is 1. The van der Waals surface area contributed by atoms with Crippen molar-refractivity contribution in [1.82, 2.24) is 5.32 Å². The van der Waals surface area contributed by atoms with Crippen molar-refractivity contribution >= 4 is 11.7 Å². The summed E-state index contributed by atoms with van der Waals surface area (Å²) in [6.07, 6.45) is 1.46. The molecule has 0 amide bonds. The van der Waals surface area contributed by atoms with E-state index in [0.717, 1.165) is 36.4 Å². The van der Waals surface area contributed by atoms with E-state index in [4.69, 9.17) is 10.5 Å². The van der Waals surface area contributed by atoms with Gasteiger partial charge < -0.3 is 20.9 Å². The van der Waals surface area contributed by atoms with Crippen LogP contribution < -0.4 is 15.8 Å². The third-order valence-electron chi connectivity index (χ3n) is 5.67. The molecule has 1 saturated heterocycles. The van der Waals surface area contributed by atoms with Crippen LogP contribution in [0.5, 0.6) is 5.75 Å². The minimum Gasteiger partial charge on any atom is -0.490 e. The lowest BCUT2D eigenvalue weighted by atomic mass is 9.69. The molecule has 4 atom stereocenters. The number of ether oxygens (including phenoxy) is 1. The second kappa shape index (κ2) is 7.00. The van der Waals surface area contributed by atoms with Gasteiger partial charge in [-0.2, -0.15) is 0 Å². The number of aliphatic carboxylic acids is 1. The molecule has 0 aliphatic carbocycles. The molecule has 0 aromatic heterocycles. The number of rotatable bonds is 4. The fourth-order valence-corrected chi connectivity index (χ4v) is 4.41. The maximum atomic E-state index is 12.3. The summed E-state index contributed by atoms with van der Waals surface area (Å²) >= 11 is 0. The van der Waals surface area contributed by atoms with Crippen LogP contribution in [0.1, 0.15) is 23.5 Å². The van der Waals surface area contributed by atoms with Crippen LogP contribution in [0.25, 0.3) is 0 Å². The van der Waals surface area contributed by atoms with Gasteiger partial charge >= 0.3 is 5.97 Å². The van der Waals surface area contributed by atoms with Gasteiger partial charge in [0, 0.05) is 24.1 Å². The molecule has 5 nitrogen and oxygen atoms in total. The summed E-state index contributed by atoms with van der Waals surface area (Å²) in [6.45, 7) is 1.70. The van der Waals surface area contributed by atoms with E-state index in [0.29, 0.717) is 12.1 Å². The largest absolute Gasteiger partial charge is 0.490 e. The van der Waals surface area contributed by atoms with Gasteiger partial charge in [0.1, 0.15) is 11.9 Å². The van der Waals surface area contributed by atoms with Crippen LogP contribution in [0.3, 0.4) is 0 Å². The number of anilines is 1. The van der Waals surface area contributed by atoms with Crippen LogP contribution in [0.2, 0.25) is 0 Å². The maximum Gasteiger partial charge on any atom is 0.307 e. The summed E-state index contributed by atoms with van der Waals surface area (Å²) in [5.74, 6) is -0.338. The number of carboxylic acids is 1. The predicted octanol–water partition coefficient (Wildman–Crippen LogP) is 2.67. The molecule has 0 bridgehead atoms. The average Bonchev–Trinajstić information content (AvgIpc) is 2.66. The molecule has 0 saturated carbocycles. The second-order valence-corrected chi connectivity index (χ2v) is 7.27. The van der Waals surface area contributed by atoms with E-state index in [1.807, 2.05) is 48.5 Å². The van der Waals surface area contributed by atoms with Crippen LogP contribution in [0.4, 0.5) is 5.69 Å². The fraction of sp³-hybridized carbons (Fsp3) is 0.381. The third kappa shape index (κ3) is 3.15. The molecule has 2 aliphatic heterocycles. The lowest BCUT2D eigenvalue weighted by molar-refractivity contribution is -0.144. The Balaban J connectivity index is 1.72. The predicted molar refractivity (Wildman–Crippen MR) is 100 cm³/mol. The molecule has 4 unspecified atom stereocenters. The number of benzene rings is 2. The molecule has 0 radical (unpaired) electrons. The van der Waals surface area contributed by atoms with E-state index < -0.39 is 11.9 Å². The van der Waals surface area contributed by atoms with Crippen LogP contribution in [0, 0.1) is 11.8 Å². The summed E-state index contributed by atoms with van der Waals surface area (Å²) < 4.78 is 6.21. The molecule has 4 N–H and O–H groups in total. The first kappa shape index (κ1) is 16.9. The van der Waals surface area contributed by atoms with Gasteiger partial charge in [0.25, 0.3) is 0 Å². The Hall–Kier alpha value is -2.53. The van der Waals surface area contributed by atoms with Crippen molar-refractivity contribution in [2.75, 3.05) is 18.8 Å². The highest BCUT2D eigenvalue weighted by Gasteiger charge is 2.45. The molecule has 2 aliphatic rings. The lowest BCUT2D eigenvalue weighted by Crippen LogP contribution is -2.50. The zero-order valence-electron chi connectivity index (χ0n) is 14.6. The van der Waals surface area contributed by atoms with E-state index in [1.165, 1.54) is 0 Å². The Labute approximate surface area is 153 Å². The zero-order valence-corrected chi connectivity index (χ0v) is 14.6. The van der Waals surface area contributed by atoms with Crippen LogP contribution in [-0.4, -0.2) is 30.3 Å². The highest BCUT2D eigenvalue weighted by molar-refractivity contribution is 5.72. The van der Waals surface area contributed by atoms with Crippen molar-refractivity contribution in [3.8, 4) is 5.75 Å². The molecule has 1 fully saturated rings. The van der Waals surface area contributed by atoms with Crippen molar-refractivity contribution in [2.45, 2.75) is 24.9 Å². The Morgan fingerprint density at radius 2 is 2.00 bits per heavy atom. The Kier molecular flexibility index (Phi) is 4.55. The molecule has 26 heavy (non-hydrogen) atoms. The van der Waals surface area contributed by atoms with E-state index in [1.54, 1.807) is 0 Å². The SMILES string of the molecule is Nc1ccc(CC(C(=O)O)C2c3ccccc3OC3CCNCC32)cc1. The molecule has 2 aromatic carbocycles. The van der Waals surface area contributed by atoms with Gasteiger partial charge in [-0.15, -0.1) is 0 Å². The first-order chi connectivity index (χ1) is 12.6. The number of hydrogen-bond acceptors (Lipinski definition) is 4. The van der Waals surface area contributed by atoms with E-state index in [-0.39, 0.29) is 17.9 Å². The number of nitrogens with one attached hydrogen (secondary N) is 1. The van der Waals surface area contributed by atoms with Gasteiger partial charge in [0.2, 0.25) is 0 Å². The molecule has 5 heteroatoms. The molecule has 4 rings (SSSR count). The van der Waals surface area contributed by atoms with Crippen molar-refractivity contribution < 1.29 is 14.6 Å². The molecular weight excluding hydrogens is 328 g/mol. The topological polar surface area (TPSA) is 84.6 Å². The Morgan fingerprint density at radius 1 is 1.23 bits per heavy atom. The smallest absolute Gasteiger partial charge is 0.307 e. The lowest BCUT2D eigenvalue weighted by Gasteiger charge is -2.44. The summed E-state index contributed by atoms with van der Waals surface area (Å²) in [6, 6.07) is 15.4. The third-order valence-corrected chi connectivity index (χ3v) is 5.67. The number of nitrogens with two attached hydrogens (primary N) is 1.